The van der Waals surface area contributed by atoms with Gasteiger partial charge in [0.25, 0.3) is 5.91 Å². The van der Waals surface area contributed by atoms with E-state index in [1.165, 1.54) is 22.5 Å². The summed E-state index contributed by atoms with van der Waals surface area (Å²) in [5.41, 5.74) is 3.60. The maximum absolute atomic E-state index is 12.9. The van der Waals surface area contributed by atoms with Crippen molar-refractivity contribution in [2.45, 2.75) is 65.2 Å². The van der Waals surface area contributed by atoms with Crippen molar-refractivity contribution in [3.63, 3.8) is 0 Å². The van der Waals surface area contributed by atoms with Crippen LogP contribution in [0.1, 0.15) is 66.0 Å². The molecular weight excluding hydrogens is 481 g/mol. The monoisotopic (exact) mass is 512 g/mol. The highest BCUT2D eigenvalue weighted by molar-refractivity contribution is 6.05. The van der Waals surface area contributed by atoms with Gasteiger partial charge in [-0.3, -0.25) is 9.78 Å². The third-order valence-corrected chi connectivity index (χ3v) is 6.96. The van der Waals surface area contributed by atoms with Gasteiger partial charge >= 0.3 is 6.18 Å². The molecule has 4 rings (SSSR count). The Morgan fingerprint density at radius 1 is 1.16 bits per heavy atom. The fraction of sp³-hybridized carbons (Fsp3) is 0.407. The molecule has 3 aromatic heterocycles. The van der Waals surface area contributed by atoms with Crippen LogP contribution >= 0.6 is 0 Å². The molecule has 0 fully saturated rings. The second-order valence-corrected chi connectivity index (χ2v) is 9.72. The first-order chi connectivity index (χ1) is 17.5. The van der Waals surface area contributed by atoms with Crippen LogP contribution in [0.5, 0.6) is 0 Å². The number of carbonyl (C=O) groups is 1. The Balaban J connectivity index is 1.46. The summed E-state index contributed by atoms with van der Waals surface area (Å²) >= 11 is 0. The van der Waals surface area contributed by atoms with E-state index in [1.807, 2.05) is 13.0 Å². The first-order valence-corrected chi connectivity index (χ1v) is 12.2. The number of allylic oxidation sites excluding steroid dienone is 1. The molecule has 196 valence electrons. The molecule has 1 N–H and O–H groups in total. The van der Waals surface area contributed by atoms with Crippen molar-refractivity contribution in [3.8, 4) is 5.82 Å². The van der Waals surface area contributed by atoms with Crippen molar-refractivity contribution >= 4 is 17.2 Å². The molecule has 1 aliphatic carbocycles. The predicted molar refractivity (Wildman–Crippen MR) is 137 cm³/mol. The molecule has 0 radical (unpaired) electrons. The summed E-state index contributed by atoms with van der Waals surface area (Å²) in [4.78, 5) is 23.8. The van der Waals surface area contributed by atoms with Gasteiger partial charge in [0.2, 0.25) is 0 Å². The summed E-state index contributed by atoms with van der Waals surface area (Å²) in [6, 6.07) is 5.09. The molecule has 1 aliphatic rings. The summed E-state index contributed by atoms with van der Waals surface area (Å²) in [6.45, 7) is 8.05. The van der Waals surface area contributed by atoms with E-state index in [0.717, 1.165) is 42.8 Å². The normalized spacial score (nSPS) is 16.3. The number of pyridine rings is 2. The molecule has 3 heterocycles. The number of halogens is 3. The van der Waals surface area contributed by atoms with Crippen molar-refractivity contribution in [2.24, 2.45) is 0 Å². The van der Waals surface area contributed by atoms with Gasteiger partial charge in [0, 0.05) is 18.3 Å². The van der Waals surface area contributed by atoms with Gasteiger partial charge in [-0.15, -0.1) is 0 Å². The third kappa shape index (κ3) is 5.74. The topological polar surface area (TPSA) is 75.9 Å². The fourth-order valence-electron chi connectivity index (χ4n) is 4.55. The van der Waals surface area contributed by atoms with E-state index in [9.17, 15) is 18.0 Å². The van der Waals surface area contributed by atoms with Gasteiger partial charge in [0.15, 0.2) is 5.82 Å². The van der Waals surface area contributed by atoms with Gasteiger partial charge in [-0.05, 0) is 83.3 Å². The summed E-state index contributed by atoms with van der Waals surface area (Å²) in [5, 5.41) is 7.00. The van der Waals surface area contributed by atoms with Gasteiger partial charge in [0.05, 0.1) is 40.6 Å². The minimum absolute atomic E-state index is 0.189. The van der Waals surface area contributed by atoms with E-state index in [1.54, 1.807) is 13.1 Å². The second-order valence-electron chi connectivity index (χ2n) is 9.72. The zero-order valence-electron chi connectivity index (χ0n) is 21.6. The number of rotatable bonds is 6. The van der Waals surface area contributed by atoms with E-state index < -0.39 is 11.7 Å². The van der Waals surface area contributed by atoms with Gasteiger partial charge in [-0.1, -0.05) is 6.08 Å². The maximum atomic E-state index is 12.9. The van der Waals surface area contributed by atoms with E-state index in [-0.39, 0.29) is 11.7 Å². The lowest BCUT2D eigenvalue weighted by Crippen LogP contribution is -2.37. The highest BCUT2D eigenvalue weighted by atomic mass is 19.4. The van der Waals surface area contributed by atoms with Crippen LogP contribution in [0.25, 0.3) is 11.4 Å². The molecule has 3 aromatic rings. The molecule has 37 heavy (non-hydrogen) atoms. The molecule has 1 amide bonds. The van der Waals surface area contributed by atoms with Crippen LogP contribution in [-0.4, -0.2) is 49.7 Å². The Bertz CT molecular complexity index is 1310. The lowest BCUT2D eigenvalue weighted by Gasteiger charge is -2.33. The van der Waals surface area contributed by atoms with Crippen LogP contribution in [0.4, 0.5) is 18.9 Å². The lowest BCUT2D eigenvalue weighted by atomic mass is 9.90. The maximum Gasteiger partial charge on any atom is 0.417 e. The minimum atomic E-state index is -4.47. The molecule has 1 atom stereocenters. The van der Waals surface area contributed by atoms with Crippen molar-refractivity contribution in [3.05, 3.63) is 70.9 Å². The van der Waals surface area contributed by atoms with E-state index >= 15 is 0 Å². The second kappa shape index (κ2) is 10.5. The molecule has 0 aromatic carbocycles. The Morgan fingerprint density at radius 2 is 1.92 bits per heavy atom. The number of nitrogens with one attached hydrogen (secondary N) is 1. The fourth-order valence-corrected chi connectivity index (χ4v) is 4.55. The van der Waals surface area contributed by atoms with Crippen LogP contribution in [0.2, 0.25) is 0 Å². The van der Waals surface area contributed by atoms with Crippen LogP contribution in [-0.2, 0) is 6.18 Å². The minimum Gasteiger partial charge on any atom is -0.320 e. The third-order valence-electron chi connectivity index (χ3n) is 6.96. The molecule has 0 spiro atoms. The summed E-state index contributed by atoms with van der Waals surface area (Å²) in [6.07, 6.45) is 4.58. The molecule has 0 aliphatic heterocycles. The SMILES string of the molecule is Cc1cc(NC(=O)c2cnn(-c3ccc(C(F)(F)F)cn3)c2C)cnc1C1=CCC(N(C)C(C)C)CC1. The predicted octanol–water partition coefficient (Wildman–Crippen LogP) is 5.83. The average molecular weight is 513 g/mol. The van der Waals surface area contributed by atoms with Gasteiger partial charge < -0.3 is 10.2 Å². The van der Waals surface area contributed by atoms with E-state index in [4.69, 9.17) is 0 Å². The molecule has 0 bridgehead atoms. The molecule has 10 heteroatoms. The zero-order chi connectivity index (χ0) is 26.9. The van der Waals surface area contributed by atoms with Gasteiger partial charge in [-0.2, -0.15) is 18.3 Å². The Labute approximate surface area is 214 Å². The number of anilines is 1. The number of carbonyl (C=O) groups excluding carboxylic acids is 1. The van der Waals surface area contributed by atoms with Crippen LogP contribution in [0, 0.1) is 13.8 Å². The number of amides is 1. The quantitative estimate of drug-likeness (QED) is 0.450. The number of aromatic nitrogens is 4. The van der Waals surface area contributed by atoms with Crippen molar-refractivity contribution in [1.29, 1.82) is 0 Å². The Hall–Kier alpha value is -3.53. The highest BCUT2D eigenvalue weighted by Crippen LogP contribution is 2.31. The smallest absolute Gasteiger partial charge is 0.320 e. The first kappa shape index (κ1) is 26.5. The molecular formula is C27H31F3N6O. The van der Waals surface area contributed by atoms with Crippen LogP contribution in [0.3, 0.4) is 0 Å². The Morgan fingerprint density at radius 3 is 2.49 bits per heavy atom. The molecule has 0 saturated carbocycles. The van der Waals surface area contributed by atoms with Crippen molar-refractivity contribution in [1.82, 2.24) is 24.6 Å². The lowest BCUT2D eigenvalue weighted by molar-refractivity contribution is -0.137. The largest absolute Gasteiger partial charge is 0.417 e. The summed E-state index contributed by atoms with van der Waals surface area (Å²) in [7, 11) is 2.17. The average Bonchev–Trinajstić information content (AvgIpc) is 3.24. The van der Waals surface area contributed by atoms with Gasteiger partial charge in [-0.25, -0.2) is 9.67 Å². The number of hydrogen-bond acceptors (Lipinski definition) is 5. The number of nitrogens with zero attached hydrogens (tertiary/aromatic N) is 5. The standard InChI is InChI=1S/C27H31F3N6O/c1-16(2)35(5)22-9-6-19(7-10-22)25-17(3)12-21(14-32-25)34-26(37)23-15-33-36(18(23)4)24-11-8-20(13-31-24)27(28,29)30/h6,8,11-16,22H,7,9-10H2,1-5H3,(H,34,37). The number of hydrogen-bond donors (Lipinski definition) is 1. The van der Waals surface area contributed by atoms with Crippen LogP contribution < -0.4 is 5.32 Å². The number of alkyl halides is 3. The van der Waals surface area contributed by atoms with Crippen LogP contribution in [0.15, 0.2) is 42.9 Å². The summed E-state index contributed by atoms with van der Waals surface area (Å²) < 4.78 is 39.8. The summed E-state index contributed by atoms with van der Waals surface area (Å²) in [5.74, 6) is -0.199. The van der Waals surface area contributed by atoms with E-state index in [0.29, 0.717) is 29.0 Å². The van der Waals surface area contributed by atoms with Gasteiger partial charge in [0.1, 0.15) is 0 Å². The van der Waals surface area contributed by atoms with Crippen molar-refractivity contribution < 1.29 is 18.0 Å². The first-order valence-electron chi connectivity index (χ1n) is 12.2. The van der Waals surface area contributed by atoms with E-state index in [2.05, 4.69) is 52.3 Å². The molecule has 1 unspecified atom stereocenters. The number of aryl methyl sites for hydroxylation is 1. The highest BCUT2D eigenvalue weighted by Gasteiger charge is 2.31. The molecule has 7 nitrogen and oxygen atoms in total. The zero-order valence-corrected chi connectivity index (χ0v) is 21.6. The Kier molecular flexibility index (Phi) is 7.49. The van der Waals surface area contributed by atoms with Crippen molar-refractivity contribution in [2.75, 3.05) is 12.4 Å². The molecule has 0 saturated heterocycles.